The molecule has 5 heterocycles. The fourth-order valence-corrected chi connectivity index (χ4v) is 3.30. The second-order valence-electron chi connectivity index (χ2n) is 7.46. The van der Waals surface area contributed by atoms with Crippen LogP contribution in [0, 0.1) is 27.7 Å². The summed E-state index contributed by atoms with van der Waals surface area (Å²) in [4.78, 5) is 8.64. The van der Waals surface area contributed by atoms with E-state index in [2.05, 4.69) is 20.2 Å². The van der Waals surface area contributed by atoms with E-state index < -0.39 is 14.8 Å². The zero-order valence-corrected chi connectivity index (χ0v) is 21.2. The Kier molecular flexibility index (Phi) is 11.0. The van der Waals surface area contributed by atoms with Gasteiger partial charge in [0.15, 0.2) is 0 Å². The van der Waals surface area contributed by atoms with Crippen molar-refractivity contribution in [1.29, 1.82) is 0 Å². The molecule has 1 fully saturated rings. The predicted molar refractivity (Wildman–Crippen MR) is 119 cm³/mol. The topological polar surface area (TPSA) is 133 Å². The van der Waals surface area contributed by atoms with Crippen molar-refractivity contribution in [2.45, 2.75) is 47.1 Å². The zero-order valence-electron chi connectivity index (χ0n) is 20.0. The summed E-state index contributed by atoms with van der Waals surface area (Å²) in [6.45, 7) is 9.74. The number of ether oxygens (including phenoxy) is 2. The number of nitrogens with zero attached hydrogens (tertiary/aromatic N) is 6. The van der Waals surface area contributed by atoms with Crippen LogP contribution in [0.4, 0.5) is 0 Å². The first-order valence-electron chi connectivity index (χ1n) is 10.6. The monoisotopic (exact) mass is 513 g/mol. The normalized spacial score (nSPS) is 12.2. The van der Waals surface area contributed by atoms with Crippen LogP contribution in [0.25, 0.3) is 11.0 Å². The summed E-state index contributed by atoms with van der Waals surface area (Å²) in [6.07, 6.45) is 6.28. The van der Waals surface area contributed by atoms with Crippen molar-refractivity contribution < 1.29 is 37.1 Å². The molecule has 0 unspecified atom stereocenters. The number of methoxy groups -OCH3 is 1. The first kappa shape index (κ1) is 27.3. The number of aliphatic hydroxyl groups excluding tert-OH is 1. The maximum atomic E-state index is 8.90. The van der Waals surface area contributed by atoms with E-state index in [1.807, 2.05) is 52.2 Å². The summed E-state index contributed by atoms with van der Waals surface area (Å²) < 4.78 is 30.3. The molecule has 4 aromatic heterocycles. The van der Waals surface area contributed by atoms with Crippen LogP contribution in [-0.4, -0.2) is 54.6 Å². The van der Waals surface area contributed by atoms with Crippen molar-refractivity contribution in [2.24, 2.45) is 0 Å². The number of rotatable bonds is 2. The average Bonchev–Trinajstić information content (AvgIpc) is 3.55. The van der Waals surface area contributed by atoms with E-state index in [1.54, 1.807) is 16.1 Å². The number of fused-ring (bicyclic) bond motifs is 2. The van der Waals surface area contributed by atoms with E-state index in [9.17, 15) is 0 Å². The molecule has 0 saturated carbocycles. The molecule has 0 aromatic carbocycles. The Morgan fingerprint density at radius 2 is 1.44 bits per heavy atom. The van der Waals surface area contributed by atoms with E-state index in [4.69, 9.17) is 22.2 Å². The molecule has 1 aliphatic heterocycles. The van der Waals surface area contributed by atoms with Crippen LogP contribution in [0.5, 0.6) is 5.88 Å². The van der Waals surface area contributed by atoms with Crippen molar-refractivity contribution >= 4 is 11.0 Å². The quantitative estimate of drug-likeness (QED) is 0.402. The molecule has 0 atom stereocenters. The first-order valence-corrected chi connectivity index (χ1v) is 11.6. The number of hydrogen-bond donors (Lipinski definition) is 1. The molecule has 1 saturated heterocycles. The molecule has 11 nitrogen and oxygen atoms in total. The maximum absolute atomic E-state index is 8.90. The summed E-state index contributed by atoms with van der Waals surface area (Å²) in [5.41, 5.74) is 6.41. The molecule has 0 spiro atoms. The molecule has 0 radical (unpaired) electrons. The molecule has 5 rings (SSSR count). The fourth-order valence-electron chi connectivity index (χ4n) is 3.30. The van der Waals surface area contributed by atoms with Crippen LogP contribution < -0.4 is 4.74 Å². The van der Waals surface area contributed by atoms with Crippen molar-refractivity contribution in [2.75, 3.05) is 20.3 Å². The van der Waals surface area contributed by atoms with Gasteiger partial charge in [-0.05, 0) is 46.6 Å². The summed E-state index contributed by atoms with van der Waals surface area (Å²) in [5.74, 6) is 0.621. The molecular formula is C22H30MnN6O5. The first-order chi connectivity index (χ1) is 16.3. The number of hydrogen-bond acceptors (Lipinski definition) is 9. The molecule has 0 bridgehead atoms. The molecular weight excluding hydrogens is 483 g/mol. The van der Waals surface area contributed by atoms with Gasteiger partial charge in [-0.1, -0.05) is 0 Å². The SMILES string of the molecule is C1CCOC1.COc1cc2c(C)nc(C)cn2n1.Cc1cn2nc(CO)cc2c(C)n1.[O]=[Mn]=[O]. The molecule has 185 valence electrons. The zero-order chi connectivity index (χ0) is 25.1. The van der Waals surface area contributed by atoms with Gasteiger partial charge in [-0.3, -0.25) is 9.97 Å². The molecule has 1 aliphatic rings. The van der Waals surface area contributed by atoms with Crippen LogP contribution in [-0.2, 0) is 33.8 Å². The third kappa shape index (κ3) is 7.84. The van der Waals surface area contributed by atoms with E-state index in [-0.39, 0.29) is 6.61 Å². The summed E-state index contributed by atoms with van der Waals surface area (Å²) in [6, 6.07) is 3.73. The average molecular weight is 513 g/mol. The molecule has 12 heteroatoms. The van der Waals surface area contributed by atoms with Gasteiger partial charge in [0, 0.05) is 19.3 Å². The standard InChI is InChI=1S/2C9H11N3O.C4H8O.Mn.2O/c1-6-5-12-8(7(2)10-6)4-9(11-12)13-3;1-6-4-12-9(7(2)10-6)3-8(5-13)11-12;1-2-4-5-3-1;;;/h4-5H,1-3H3;3-4,13H,5H2,1-2H3;1-4H2;;;. The number of aliphatic hydroxyl groups is 1. The van der Waals surface area contributed by atoms with Gasteiger partial charge in [0.2, 0.25) is 5.88 Å². The van der Waals surface area contributed by atoms with Crippen molar-refractivity contribution in [1.82, 2.24) is 29.2 Å². The van der Waals surface area contributed by atoms with E-state index in [0.717, 1.165) is 47.0 Å². The van der Waals surface area contributed by atoms with E-state index >= 15 is 0 Å². The van der Waals surface area contributed by atoms with E-state index in [0.29, 0.717) is 11.6 Å². The molecule has 0 aliphatic carbocycles. The Morgan fingerprint density at radius 1 is 0.941 bits per heavy atom. The van der Waals surface area contributed by atoms with Crippen LogP contribution in [0.15, 0.2) is 24.5 Å². The van der Waals surface area contributed by atoms with Crippen LogP contribution in [0.2, 0.25) is 0 Å². The predicted octanol–water partition coefficient (Wildman–Crippen LogP) is 2.75. The second kappa shape index (κ2) is 13.7. The van der Waals surface area contributed by atoms with Crippen molar-refractivity contribution in [3.63, 3.8) is 0 Å². The Labute approximate surface area is 203 Å². The number of aryl methyl sites for hydroxylation is 4. The Hall–Kier alpha value is -2.92. The van der Waals surface area contributed by atoms with E-state index in [1.165, 1.54) is 12.8 Å². The van der Waals surface area contributed by atoms with Gasteiger partial charge in [0.25, 0.3) is 0 Å². The Morgan fingerprint density at radius 3 is 1.88 bits per heavy atom. The second-order valence-corrected chi connectivity index (χ2v) is 7.65. The van der Waals surface area contributed by atoms with Crippen molar-refractivity contribution in [3.8, 4) is 5.88 Å². The van der Waals surface area contributed by atoms with Crippen LogP contribution in [0.1, 0.15) is 41.3 Å². The minimum absolute atomic E-state index is 0.0276. The minimum atomic E-state index is -1.44. The Bertz CT molecular complexity index is 1150. The van der Waals surface area contributed by atoms with Crippen molar-refractivity contribution in [3.05, 3.63) is 53.0 Å². The molecule has 0 amide bonds. The van der Waals surface area contributed by atoms with Crippen LogP contribution in [0.3, 0.4) is 0 Å². The summed E-state index contributed by atoms with van der Waals surface area (Å²) >= 11 is -1.44. The van der Waals surface area contributed by atoms with Gasteiger partial charge in [0.1, 0.15) is 0 Å². The van der Waals surface area contributed by atoms with Gasteiger partial charge in [-0.2, -0.15) is 5.10 Å². The van der Waals surface area contributed by atoms with Crippen LogP contribution >= 0.6 is 0 Å². The summed E-state index contributed by atoms with van der Waals surface area (Å²) in [5, 5.41) is 17.3. The van der Waals surface area contributed by atoms with Gasteiger partial charge in [-0.25, -0.2) is 9.03 Å². The summed E-state index contributed by atoms with van der Waals surface area (Å²) in [7, 11) is 1.61. The van der Waals surface area contributed by atoms with Gasteiger partial charge >= 0.3 is 22.5 Å². The fraction of sp³-hybridized carbons (Fsp3) is 0.455. The number of aromatic nitrogens is 6. The molecule has 34 heavy (non-hydrogen) atoms. The third-order valence-corrected chi connectivity index (χ3v) is 4.75. The van der Waals surface area contributed by atoms with Gasteiger partial charge in [-0.15, -0.1) is 5.10 Å². The molecule has 4 aromatic rings. The van der Waals surface area contributed by atoms with Gasteiger partial charge in [0.05, 0.1) is 65.6 Å². The Balaban J connectivity index is 0.000000183. The third-order valence-electron chi connectivity index (χ3n) is 4.75. The van der Waals surface area contributed by atoms with Gasteiger partial charge < -0.3 is 14.6 Å². The molecule has 1 N–H and O–H groups in total.